The van der Waals surface area contributed by atoms with Gasteiger partial charge in [-0.05, 0) is 86.3 Å². The van der Waals surface area contributed by atoms with Crippen molar-refractivity contribution in [2.45, 2.75) is 95.7 Å². The Labute approximate surface area is 289 Å². The van der Waals surface area contributed by atoms with Crippen molar-refractivity contribution in [3.63, 3.8) is 0 Å². The molecule has 1 fully saturated rings. The third-order valence-corrected chi connectivity index (χ3v) is 10.9. The number of fused-ring (bicyclic) bond motifs is 4. The van der Waals surface area contributed by atoms with E-state index < -0.39 is 15.6 Å². The minimum absolute atomic E-state index is 0.0608. The van der Waals surface area contributed by atoms with Gasteiger partial charge < -0.3 is 14.7 Å². The Morgan fingerprint density at radius 1 is 0.939 bits per heavy atom. The molecule has 258 valence electrons. The van der Waals surface area contributed by atoms with Crippen LogP contribution in [0.25, 0.3) is 11.3 Å². The molecule has 2 N–H and O–H groups in total. The standard InChI is InChI=1S/C39H46N4O5S/c1-26-11-9-12-27(2)35(26)33-22-34-41-37(40-33)42-49(46,47)32-16-10-15-29(21-32)36(44)43(31(25-48-34)24-38(3,4)5)30-17-19-39(45,20-18-30)23-28-13-7-6-8-14-28/h6-16,21-22,30-31,45H,17-20,23-25H2,1-5H3,(H,40,41,42)/t30-,31-,39+/m1/s1. The molecule has 1 saturated carbocycles. The van der Waals surface area contributed by atoms with Gasteiger partial charge in [-0.25, -0.2) is 18.1 Å². The molecule has 1 aromatic heterocycles. The Hall–Kier alpha value is -4.28. The van der Waals surface area contributed by atoms with Crippen molar-refractivity contribution >= 4 is 21.9 Å². The highest BCUT2D eigenvalue weighted by Gasteiger charge is 2.41. The van der Waals surface area contributed by atoms with Crippen LogP contribution in [-0.2, 0) is 16.4 Å². The van der Waals surface area contributed by atoms with Crippen molar-refractivity contribution in [2.75, 3.05) is 11.3 Å². The van der Waals surface area contributed by atoms with Gasteiger partial charge in [0.25, 0.3) is 15.9 Å². The molecule has 4 aromatic rings. The first-order chi connectivity index (χ1) is 23.2. The van der Waals surface area contributed by atoms with E-state index in [0.29, 0.717) is 44.2 Å². The van der Waals surface area contributed by atoms with E-state index in [2.05, 4.69) is 35.5 Å². The van der Waals surface area contributed by atoms with Crippen molar-refractivity contribution in [1.82, 2.24) is 14.9 Å². The average Bonchev–Trinajstić information content (AvgIpc) is 3.04. The van der Waals surface area contributed by atoms with Crippen LogP contribution >= 0.6 is 0 Å². The normalized spacial score (nSPS) is 22.6. The van der Waals surface area contributed by atoms with E-state index in [1.54, 1.807) is 18.2 Å². The summed E-state index contributed by atoms with van der Waals surface area (Å²) in [5.74, 6) is -0.162. The lowest BCUT2D eigenvalue weighted by Gasteiger charge is -2.45. The average molecular weight is 683 g/mol. The molecular weight excluding hydrogens is 637 g/mol. The molecule has 9 nitrogen and oxygen atoms in total. The molecule has 0 unspecified atom stereocenters. The summed E-state index contributed by atoms with van der Waals surface area (Å²) >= 11 is 0. The summed E-state index contributed by atoms with van der Waals surface area (Å²) in [6.45, 7) is 10.5. The topological polar surface area (TPSA) is 122 Å². The summed E-state index contributed by atoms with van der Waals surface area (Å²) in [6, 6.07) is 23.2. The number of anilines is 1. The second kappa shape index (κ2) is 13.6. The van der Waals surface area contributed by atoms with Crippen molar-refractivity contribution in [3.05, 3.63) is 101 Å². The number of benzene rings is 3. The predicted molar refractivity (Wildman–Crippen MR) is 191 cm³/mol. The van der Waals surface area contributed by atoms with E-state index in [9.17, 15) is 18.3 Å². The number of amides is 1. The molecule has 49 heavy (non-hydrogen) atoms. The first kappa shape index (κ1) is 34.6. The predicted octanol–water partition coefficient (Wildman–Crippen LogP) is 7.12. The highest BCUT2D eigenvalue weighted by Crippen LogP contribution is 2.37. The van der Waals surface area contributed by atoms with E-state index in [-0.39, 0.29) is 52.3 Å². The lowest BCUT2D eigenvalue weighted by Crippen LogP contribution is -2.53. The van der Waals surface area contributed by atoms with E-state index in [1.165, 1.54) is 12.1 Å². The van der Waals surface area contributed by atoms with Gasteiger partial charge in [0.05, 0.1) is 22.2 Å². The monoisotopic (exact) mass is 682 g/mol. The van der Waals surface area contributed by atoms with Gasteiger partial charge in [-0.3, -0.25) is 4.79 Å². The van der Waals surface area contributed by atoms with Crippen LogP contribution in [0.4, 0.5) is 5.95 Å². The number of rotatable bonds is 5. The summed E-state index contributed by atoms with van der Waals surface area (Å²) < 4.78 is 36.5. The van der Waals surface area contributed by atoms with Crippen LogP contribution in [0.15, 0.2) is 83.8 Å². The number of aromatic nitrogens is 2. The molecule has 1 aliphatic carbocycles. The Kier molecular flexibility index (Phi) is 9.57. The molecule has 4 bridgehead atoms. The van der Waals surface area contributed by atoms with Crippen LogP contribution in [0.3, 0.4) is 0 Å². The minimum atomic E-state index is -4.17. The van der Waals surface area contributed by atoms with Gasteiger partial charge in [-0.1, -0.05) is 75.4 Å². The number of hydrogen-bond donors (Lipinski definition) is 2. The van der Waals surface area contributed by atoms with Gasteiger partial charge in [-0.2, -0.15) is 4.98 Å². The molecule has 3 aromatic carbocycles. The van der Waals surface area contributed by atoms with Gasteiger partial charge in [0.2, 0.25) is 11.8 Å². The van der Waals surface area contributed by atoms with Crippen LogP contribution < -0.4 is 9.46 Å². The third-order valence-electron chi connectivity index (χ3n) is 9.61. The summed E-state index contributed by atoms with van der Waals surface area (Å²) in [6.07, 6.45) is 3.45. The van der Waals surface area contributed by atoms with Gasteiger partial charge in [0.15, 0.2) is 0 Å². The Balaban J connectivity index is 1.42. The molecule has 2 aliphatic rings. The number of nitrogens with one attached hydrogen (secondary N) is 1. The van der Waals surface area contributed by atoms with Gasteiger partial charge in [0.1, 0.15) is 6.61 Å². The van der Waals surface area contributed by atoms with E-state index in [1.807, 2.05) is 67.3 Å². The molecule has 1 atom stereocenters. The lowest BCUT2D eigenvalue weighted by molar-refractivity contribution is -0.0290. The molecule has 10 heteroatoms. The van der Waals surface area contributed by atoms with Crippen molar-refractivity contribution in [3.8, 4) is 17.1 Å². The number of hydrogen-bond acceptors (Lipinski definition) is 7. The molecule has 0 saturated heterocycles. The number of sulfonamides is 1. The summed E-state index contributed by atoms with van der Waals surface area (Å²) in [4.78, 5) is 25.6. The zero-order chi connectivity index (χ0) is 35.0. The second-order valence-corrected chi connectivity index (χ2v) is 16.6. The largest absolute Gasteiger partial charge is 0.475 e. The van der Waals surface area contributed by atoms with Crippen molar-refractivity contribution < 1.29 is 23.1 Å². The Morgan fingerprint density at radius 3 is 2.29 bits per heavy atom. The number of ether oxygens (including phenoxy) is 1. The Morgan fingerprint density at radius 2 is 1.61 bits per heavy atom. The summed E-state index contributed by atoms with van der Waals surface area (Å²) in [5.41, 5.74) is 3.68. The zero-order valence-corrected chi connectivity index (χ0v) is 29.8. The SMILES string of the molecule is Cc1cccc(C)c1-c1cc2nc(n1)NS(=O)(=O)c1cccc(c1)C(=O)N([C@H]1CC[C@](O)(Cc3ccccc3)CC1)[C@H](CC(C)(C)C)CO2. The van der Waals surface area contributed by atoms with Gasteiger partial charge in [-0.15, -0.1) is 0 Å². The van der Waals surface area contributed by atoms with Gasteiger partial charge in [0, 0.05) is 29.7 Å². The fourth-order valence-electron chi connectivity index (χ4n) is 7.34. The fourth-order valence-corrected chi connectivity index (χ4v) is 8.33. The molecule has 0 radical (unpaired) electrons. The first-order valence-electron chi connectivity index (χ1n) is 17.0. The lowest BCUT2D eigenvalue weighted by atomic mass is 9.77. The third kappa shape index (κ3) is 7.97. The van der Waals surface area contributed by atoms with Crippen LogP contribution in [0.1, 0.15) is 79.9 Å². The van der Waals surface area contributed by atoms with E-state index in [0.717, 1.165) is 22.3 Å². The molecule has 2 heterocycles. The number of nitrogens with zero attached hydrogens (tertiary/aromatic N) is 3. The van der Waals surface area contributed by atoms with Gasteiger partial charge >= 0.3 is 0 Å². The minimum Gasteiger partial charge on any atom is -0.475 e. The first-order valence-corrected chi connectivity index (χ1v) is 18.5. The molecule has 0 spiro atoms. The Bertz CT molecular complexity index is 1910. The van der Waals surface area contributed by atoms with E-state index >= 15 is 0 Å². The highest BCUT2D eigenvalue weighted by atomic mass is 32.2. The van der Waals surface area contributed by atoms with Crippen molar-refractivity contribution in [2.24, 2.45) is 5.41 Å². The van der Waals surface area contributed by atoms with Crippen LogP contribution in [0, 0.1) is 19.3 Å². The summed E-state index contributed by atoms with van der Waals surface area (Å²) in [7, 11) is -4.17. The molecule has 1 amide bonds. The van der Waals surface area contributed by atoms with Crippen molar-refractivity contribution in [1.29, 1.82) is 0 Å². The van der Waals surface area contributed by atoms with Crippen LogP contribution in [0.5, 0.6) is 5.88 Å². The second-order valence-electron chi connectivity index (χ2n) is 14.9. The number of carbonyl (C=O) groups is 1. The molecule has 1 aliphatic heterocycles. The quantitative estimate of drug-likeness (QED) is 0.230. The molecular formula is C39H46N4O5S. The smallest absolute Gasteiger partial charge is 0.264 e. The maximum absolute atomic E-state index is 14.6. The maximum Gasteiger partial charge on any atom is 0.264 e. The number of aliphatic hydroxyl groups is 1. The van der Waals surface area contributed by atoms with E-state index in [4.69, 9.17) is 4.74 Å². The molecule has 6 rings (SSSR count). The van der Waals surface area contributed by atoms with Crippen LogP contribution in [0.2, 0.25) is 0 Å². The maximum atomic E-state index is 14.6. The number of aryl methyl sites for hydroxylation is 2. The zero-order valence-electron chi connectivity index (χ0n) is 28.9. The fraction of sp³-hybridized carbons (Fsp3) is 0.410. The summed E-state index contributed by atoms with van der Waals surface area (Å²) in [5, 5.41) is 11.6. The number of carbonyl (C=O) groups excluding carboxylic acids is 1. The highest BCUT2D eigenvalue weighted by molar-refractivity contribution is 7.92. The van der Waals surface area contributed by atoms with Crippen LogP contribution in [-0.4, -0.2) is 58.6 Å².